The van der Waals surface area contributed by atoms with Crippen LogP contribution in [0.15, 0.2) is 24.3 Å². The van der Waals surface area contributed by atoms with Crippen LogP contribution in [0.5, 0.6) is 0 Å². The van der Waals surface area contributed by atoms with Crippen LogP contribution in [0, 0.1) is 17.8 Å². The molecule has 0 aliphatic heterocycles. The Morgan fingerprint density at radius 1 is 0.316 bits per heavy atom. The average Bonchev–Trinajstić information content (AvgIpc) is 0.942. The highest BCUT2D eigenvalue weighted by Gasteiger charge is 2.30. The van der Waals surface area contributed by atoms with Crippen molar-refractivity contribution in [3.63, 3.8) is 0 Å². The minimum absolute atomic E-state index is 0.100. The normalized spacial score (nSPS) is 14.2. The summed E-state index contributed by atoms with van der Waals surface area (Å²) in [7, 11) is -9.93. The van der Waals surface area contributed by atoms with E-state index in [1.165, 1.54) is 167 Å². The van der Waals surface area contributed by atoms with Crippen molar-refractivity contribution in [2.24, 2.45) is 17.8 Å². The van der Waals surface area contributed by atoms with Gasteiger partial charge in [0.25, 0.3) is 0 Å². The molecule has 5 atom stereocenters. The quantitative estimate of drug-likeness (QED) is 0.0169. The van der Waals surface area contributed by atoms with E-state index in [0.29, 0.717) is 31.6 Å². The number of aliphatic hydroxyl groups is 1. The number of rotatable bonds is 75. The van der Waals surface area contributed by atoms with Crippen molar-refractivity contribution in [2.75, 3.05) is 39.6 Å². The third-order valence-electron chi connectivity index (χ3n) is 17.8. The number of phosphoric ester groups is 2. The van der Waals surface area contributed by atoms with E-state index in [0.717, 1.165) is 127 Å². The molecule has 0 heterocycles. The van der Waals surface area contributed by atoms with Crippen LogP contribution in [0.25, 0.3) is 0 Å². The number of carbonyl (C=O) groups is 4. The first-order chi connectivity index (χ1) is 47.2. The van der Waals surface area contributed by atoms with E-state index in [9.17, 15) is 43.2 Å². The standard InChI is InChI=1S/C79H150O17P2/c1-8-9-10-11-12-13-14-15-17-23-28-33-38-46-53-60-76(81)89-66-74(95-78(83)63-56-49-40-35-30-25-20-22-27-32-37-44-51-58-71(4)5)68-93-97(85,86)91-64-73(80)65-92-98(87,88)94-69-75(67-90-77(82)61-54-47-42-41-45-52-59-72(6)7)96-79(84)62-55-48-39-34-29-24-19-16-18-21-26-31-36-43-50-57-70(2)3/h13-15,17,70-75,80H,8-12,16,18-69H2,1-7H3,(H,85,86)(H,87,88)/b14-13-,17-15-/t73?,74-,75-/m1/s1. The molecule has 0 aliphatic rings. The van der Waals surface area contributed by atoms with Crippen molar-refractivity contribution < 1.29 is 80.2 Å². The van der Waals surface area contributed by atoms with Gasteiger partial charge in [0.1, 0.15) is 19.3 Å². The molecule has 0 spiro atoms. The zero-order chi connectivity index (χ0) is 72.3. The molecule has 578 valence electrons. The number of phosphoric acid groups is 2. The topological polar surface area (TPSA) is 237 Å². The lowest BCUT2D eigenvalue weighted by Gasteiger charge is -2.21. The first-order valence-corrected chi connectivity index (χ1v) is 43.2. The number of hydrogen-bond acceptors (Lipinski definition) is 15. The number of hydrogen-bond donors (Lipinski definition) is 3. The van der Waals surface area contributed by atoms with Crippen molar-refractivity contribution in [3.05, 3.63) is 24.3 Å². The Labute approximate surface area is 599 Å². The molecule has 0 saturated carbocycles. The van der Waals surface area contributed by atoms with E-state index in [1.54, 1.807) is 0 Å². The van der Waals surface area contributed by atoms with Gasteiger partial charge in [-0.15, -0.1) is 0 Å². The van der Waals surface area contributed by atoms with Gasteiger partial charge in [0.2, 0.25) is 0 Å². The van der Waals surface area contributed by atoms with Crippen molar-refractivity contribution in [2.45, 2.75) is 401 Å². The molecular weight excluding hydrogens is 1280 g/mol. The van der Waals surface area contributed by atoms with E-state index in [2.05, 4.69) is 72.8 Å². The maximum atomic E-state index is 13.1. The van der Waals surface area contributed by atoms with Gasteiger partial charge in [-0.25, -0.2) is 9.13 Å². The third kappa shape index (κ3) is 71.9. The number of unbranched alkanes of at least 4 members (excludes halogenated alkanes) is 40. The summed E-state index contributed by atoms with van der Waals surface area (Å²) in [5, 5.41) is 10.6. The molecular formula is C79H150O17P2. The Bertz CT molecular complexity index is 2000. The Morgan fingerprint density at radius 3 is 0.827 bits per heavy atom. The second-order valence-corrected chi connectivity index (χ2v) is 32.1. The fourth-order valence-corrected chi connectivity index (χ4v) is 13.2. The first-order valence-electron chi connectivity index (χ1n) is 40.2. The van der Waals surface area contributed by atoms with Crippen molar-refractivity contribution >= 4 is 39.5 Å². The smallest absolute Gasteiger partial charge is 0.462 e. The van der Waals surface area contributed by atoms with Crippen LogP contribution in [0.1, 0.15) is 382 Å². The summed E-state index contributed by atoms with van der Waals surface area (Å²) in [6.07, 6.45) is 59.2. The van der Waals surface area contributed by atoms with Gasteiger partial charge in [-0.2, -0.15) is 0 Å². The van der Waals surface area contributed by atoms with Gasteiger partial charge < -0.3 is 33.8 Å². The van der Waals surface area contributed by atoms with Crippen molar-refractivity contribution in [3.8, 4) is 0 Å². The molecule has 0 aromatic carbocycles. The predicted molar refractivity (Wildman–Crippen MR) is 400 cm³/mol. The van der Waals surface area contributed by atoms with Gasteiger partial charge in [-0.1, -0.05) is 330 Å². The zero-order valence-corrected chi connectivity index (χ0v) is 65.5. The van der Waals surface area contributed by atoms with Gasteiger partial charge in [-0.3, -0.25) is 37.3 Å². The molecule has 0 rings (SSSR count). The van der Waals surface area contributed by atoms with Gasteiger partial charge in [-0.05, 0) is 69.1 Å². The molecule has 19 heteroatoms. The number of esters is 4. The summed E-state index contributed by atoms with van der Waals surface area (Å²) in [6, 6.07) is 0. The van der Waals surface area contributed by atoms with Gasteiger partial charge in [0.15, 0.2) is 12.2 Å². The Hall–Kier alpha value is -2.46. The number of ether oxygens (including phenoxy) is 4. The zero-order valence-electron chi connectivity index (χ0n) is 63.7. The lowest BCUT2D eigenvalue weighted by atomic mass is 10.0. The van der Waals surface area contributed by atoms with Crippen molar-refractivity contribution in [1.82, 2.24) is 0 Å². The number of aliphatic hydroxyl groups excluding tert-OH is 1. The lowest BCUT2D eigenvalue weighted by Crippen LogP contribution is -2.30. The van der Waals surface area contributed by atoms with Crippen LogP contribution in [0.2, 0.25) is 0 Å². The molecule has 0 bridgehead atoms. The monoisotopic (exact) mass is 1430 g/mol. The molecule has 0 aromatic rings. The summed E-state index contributed by atoms with van der Waals surface area (Å²) < 4.78 is 68.6. The highest BCUT2D eigenvalue weighted by molar-refractivity contribution is 7.47. The van der Waals surface area contributed by atoms with Crippen LogP contribution in [-0.2, 0) is 65.4 Å². The summed E-state index contributed by atoms with van der Waals surface area (Å²) >= 11 is 0. The molecule has 0 amide bonds. The van der Waals surface area contributed by atoms with E-state index in [4.69, 9.17) is 37.0 Å². The predicted octanol–water partition coefficient (Wildman–Crippen LogP) is 22.9. The summed E-state index contributed by atoms with van der Waals surface area (Å²) in [6.45, 7) is 11.8. The van der Waals surface area contributed by atoms with Crippen LogP contribution in [0.3, 0.4) is 0 Å². The maximum Gasteiger partial charge on any atom is 0.472 e. The molecule has 0 aromatic heterocycles. The Kier molecular flexibility index (Phi) is 67.2. The second kappa shape index (κ2) is 68.9. The second-order valence-electron chi connectivity index (χ2n) is 29.2. The molecule has 3 N–H and O–H groups in total. The SMILES string of the molecule is CCCCCC/C=C\C=C/CCCCCCCC(=O)OC[C@H](COP(=O)(O)OCC(O)COP(=O)(O)OC[C@@H](COC(=O)CCCCCCCCC(C)C)OC(=O)CCCCCCCCCCCCCCCCCC(C)C)OC(=O)CCCCCCCCCCCCCCCC(C)C. The van der Waals surface area contributed by atoms with Crippen LogP contribution < -0.4 is 0 Å². The van der Waals surface area contributed by atoms with E-state index in [1.807, 2.05) is 0 Å². The highest BCUT2D eigenvalue weighted by Crippen LogP contribution is 2.45. The van der Waals surface area contributed by atoms with Crippen LogP contribution in [0.4, 0.5) is 0 Å². The third-order valence-corrected chi connectivity index (χ3v) is 19.7. The van der Waals surface area contributed by atoms with E-state index < -0.39 is 97.5 Å². The van der Waals surface area contributed by atoms with Gasteiger partial charge in [0, 0.05) is 25.7 Å². The fourth-order valence-electron chi connectivity index (χ4n) is 11.6. The summed E-state index contributed by atoms with van der Waals surface area (Å²) in [5.74, 6) is 0.117. The molecule has 0 aliphatic carbocycles. The largest absolute Gasteiger partial charge is 0.472 e. The summed E-state index contributed by atoms with van der Waals surface area (Å²) in [5.41, 5.74) is 0. The highest BCUT2D eigenvalue weighted by atomic mass is 31.2. The van der Waals surface area contributed by atoms with Crippen LogP contribution in [-0.4, -0.2) is 96.7 Å². The minimum atomic E-state index is -4.97. The van der Waals surface area contributed by atoms with Gasteiger partial charge >= 0.3 is 39.5 Å². The number of carbonyl (C=O) groups excluding carboxylic acids is 4. The minimum Gasteiger partial charge on any atom is -0.462 e. The lowest BCUT2D eigenvalue weighted by molar-refractivity contribution is -0.161. The molecule has 0 radical (unpaired) electrons. The Balaban J connectivity index is 5.26. The van der Waals surface area contributed by atoms with Crippen LogP contribution >= 0.6 is 15.6 Å². The van der Waals surface area contributed by atoms with Crippen molar-refractivity contribution in [1.29, 1.82) is 0 Å². The maximum absolute atomic E-state index is 13.1. The molecule has 98 heavy (non-hydrogen) atoms. The first kappa shape index (κ1) is 95.5. The Morgan fingerprint density at radius 2 is 0.551 bits per heavy atom. The molecule has 17 nitrogen and oxygen atoms in total. The molecule has 3 unspecified atom stereocenters. The fraction of sp³-hybridized carbons (Fsp3) is 0.899. The summed E-state index contributed by atoms with van der Waals surface area (Å²) in [4.78, 5) is 72.9. The molecule has 0 saturated heterocycles. The molecule has 0 fully saturated rings. The van der Waals surface area contributed by atoms with Gasteiger partial charge in [0.05, 0.1) is 26.4 Å². The number of allylic oxidation sites excluding steroid dienone is 4. The van der Waals surface area contributed by atoms with E-state index in [-0.39, 0.29) is 25.7 Å². The average molecular weight is 1430 g/mol. The van der Waals surface area contributed by atoms with E-state index >= 15 is 0 Å².